The van der Waals surface area contributed by atoms with Crippen molar-refractivity contribution in [3.8, 4) is 0 Å². The summed E-state index contributed by atoms with van der Waals surface area (Å²) in [7, 11) is 0. The first-order chi connectivity index (χ1) is 8.12. The molecule has 1 fully saturated rings. The Labute approximate surface area is 101 Å². The van der Waals surface area contributed by atoms with Gasteiger partial charge in [-0.3, -0.25) is 0 Å². The van der Waals surface area contributed by atoms with Crippen molar-refractivity contribution in [2.24, 2.45) is 0 Å². The predicted octanol–water partition coefficient (Wildman–Crippen LogP) is 2.94. The molecular weight excluding hydrogens is 219 g/mol. The highest BCUT2D eigenvalue weighted by atomic mass is 19.1. The van der Waals surface area contributed by atoms with Crippen LogP contribution < -0.4 is 0 Å². The van der Waals surface area contributed by atoms with Crippen LogP contribution in [0.15, 0.2) is 24.3 Å². The minimum atomic E-state index is -1.09. The Morgan fingerprint density at radius 1 is 1.12 bits per heavy atom. The maximum atomic E-state index is 13.1. The Morgan fingerprint density at radius 3 is 2.35 bits per heavy atom. The van der Waals surface area contributed by atoms with Gasteiger partial charge in [-0.2, -0.15) is 0 Å². The van der Waals surface area contributed by atoms with Crippen molar-refractivity contribution >= 4 is 0 Å². The Kier molecular flexibility index (Phi) is 3.79. The van der Waals surface area contributed by atoms with Crippen molar-refractivity contribution in [3.63, 3.8) is 0 Å². The van der Waals surface area contributed by atoms with Crippen LogP contribution in [0.2, 0.25) is 0 Å². The molecule has 2 N–H and O–H groups in total. The van der Waals surface area contributed by atoms with E-state index < -0.39 is 11.7 Å². The molecule has 0 saturated heterocycles. The third-order valence-electron chi connectivity index (χ3n) is 3.64. The number of aliphatic hydroxyl groups excluding tert-OH is 1. The normalized spacial score (nSPS) is 21.8. The van der Waals surface area contributed by atoms with E-state index in [2.05, 4.69) is 0 Å². The van der Waals surface area contributed by atoms with Crippen LogP contribution in [0.5, 0.6) is 0 Å². The molecule has 0 aliphatic heterocycles. The van der Waals surface area contributed by atoms with Gasteiger partial charge in [0.05, 0.1) is 5.60 Å². The Bertz CT molecular complexity index is 370. The van der Waals surface area contributed by atoms with Crippen molar-refractivity contribution in [1.82, 2.24) is 0 Å². The SMILES string of the molecule is OC(c1cccc(F)c1)C1(O)CCCCCC1. The zero-order valence-corrected chi connectivity index (χ0v) is 9.90. The first kappa shape index (κ1) is 12.5. The molecule has 0 heterocycles. The first-order valence-electron chi connectivity index (χ1n) is 6.28. The highest BCUT2D eigenvalue weighted by Gasteiger charge is 2.36. The van der Waals surface area contributed by atoms with Crippen molar-refractivity contribution < 1.29 is 14.6 Å². The summed E-state index contributed by atoms with van der Waals surface area (Å²) in [4.78, 5) is 0. The van der Waals surface area contributed by atoms with E-state index in [9.17, 15) is 14.6 Å². The molecule has 1 unspecified atom stereocenters. The molecule has 2 rings (SSSR count). The van der Waals surface area contributed by atoms with Gasteiger partial charge in [-0.25, -0.2) is 4.39 Å². The fourth-order valence-electron chi connectivity index (χ4n) is 2.60. The fourth-order valence-corrected chi connectivity index (χ4v) is 2.60. The molecule has 0 bridgehead atoms. The van der Waals surface area contributed by atoms with Gasteiger partial charge in [-0.05, 0) is 30.5 Å². The largest absolute Gasteiger partial charge is 0.387 e. The molecule has 94 valence electrons. The summed E-state index contributed by atoms with van der Waals surface area (Å²) in [6.45, 7) is 0. The van der Waals surface area contributed by atoms with Crippen LogP contribution in [0.4, 0.5) is 4.39 Å². The lowest BCUT2D eigenvalue weighted by molar-refractivity contribution is -0.0868. The van der Waals surface area contributed by atoms with E-state index in [-0.39, 0.29) is 5.82 Å². The van der Waals surface area contributed by atoms with Crippen molar-refractivity contribution in [2.75, 3.05) is 0 Å². The summed E-state index contributed by atoms with van der Waals surface area (Å²) in [5.74, 6) is -0.376. The van der Waals surface area contributed by atoms with Crippen LogP contribution in [-0.2, 0) is 0 Å². The average molecular weight is 238 g/mol. The van der Waals surface area contributed by atoms with Gasteiger partial charge in [-0.1, -0.05) is 37.8 Å². The van der Waals surface area contributed by atoms with Crippen LogP contribution in [0.1, 0.15) is 50.2 Å². The van der Waals surface area contributed by atoms with Crippen LogP contribution in [0, 0.1) is 5.82 Å². The number of benzene rings is 1. The van der Waals surface area contributed by atoms with Gasteiger partial charge in [0.15, 0.2) is 0 Å². The molecule has 1 aromatic rings. The number of rotatable bonds is 2. The van der Waals surface area contributed by atoms with E-state index in [1.807, 2.05) is 0 Å². The zero-order valence-electron chi connectivity index (χ0n) is 9.90. The van der Waals surface area contributed by atoms with Gasteiger partial charge in [0, 0.05) is 0 Å². The molecule has 3 heteroatoms. The average Bonchev–Trinajstić information content (AvgIpc) is 2.54. The molecule has 2 nitrogen and oxygen atoms in total. The third-order valence-corrected chi connectivity index (χ3v) is 3.64. The molecule has 0 aromatic heterocycles. The topological polar surface area (TPSA) is 40.5 Å². The molecule has 1 aromatic carbocycles. The Hall–Kier alpha value is -0.930. The molecule has 17 heavy (non-hydrogen) atoms. The lowest BCUT2D eigenvalue weighted by Gasteiger charge is -2.32. The maximum Gasteiger partial charge on any atom is 0.123 e. The van der Waals surface area contributed by atoms with Gasteiger partial charge in [-0.15, -0.1) is 0 Å². The molecule has 1 aliphatic rings. The van der Waals surface area contributed by atoms with Gasteiger partial charge in [0.1, 0.15) is 11.9 Å². The predicted molar refractivity (Wildman–Crippen MR) is 64.0 cm³/mol. The van der Waals surface area contributed by atoms with E-state index in [0.29, 0.717) is 18.4 Å². The summed E-state index contributed by atoms with van der Waals surface area (Å²) >= 11 is 0. The van der Waals surface area contributed by atoms with Crippen LogP contribution in [0.3, 0.4) is 0 Å². The van der Waals surface area contributed by atoms with E-state index in [1.54, 1.807) is 12.1 Å². The smallest absolute Gasteiger partial charge is 0.123 e. The second-order valence-corrected chi connectivity index (χ2v) is 4.98. The highest BCUT2D eigenvalue weighted by Crippen LogP contribution is 2.37. The number of halogens is 1. The molecule has 1 aliphatic carbocycles. The summed E-state index contributed by atoms with van der Waals surface area (Å²) in [5.41, 5.74) is -0.626. The second kappa shape index (κ2) is 5.15. The lowest BCUT2D eigenvalue weighted by Crippen LogP contribution is -2.35. The standard InChI is InChI=1S/C14H19FO2/c15-12-7-5-6-11(10-12)13(16)14(17)8-3-1-2-4-9-14/h5-7,10,13,16-17H,1-4,8-9H2. The van der Waals surface area contributed by atoms with E-state index in [0.717, 1.165) is 25.7 Å². The van der Waals surface area contributed by atoms with E-state index in [4.69, 9.17) is 0 Å². The fraction of sp³-hybridized carbons (Fsp3) is 0.571. The highest BCUT2D eigenvalue weighted by molar-refractivity contribution is 5.21. The molecule has 1 saturated carbocycles. The zero-order chi connectivity index (χ0) is 12.3. The van der Waals surface area contributed by atoms with Gasteiger partial charge >= 0.3 is 0 Å². The molecule has 0 spiro atoms. The monoisotopic (exact) mass is 238 g/mol. The number of hydrogen-bond acceptors (Lipinski definition) is 2. The van der Waals surface area contributed by atoms with Gasteiger partial charge in [0.2, 0.25) is 0 Å². The summed E-state index contributed by atoms with van der Waals surface area (Å²) in [6, 6.07) is 5.87. The number of aliphatic hydroxyl groups is 2. The Balaban J connectivity index is 2.19. The summed E-state index contributed by atoms with van der Waals surface area (Å²) in [5, 5.41) is 20.7. The van der Waals surface area contributed by atoms with E-state index in [1.165, 1.54) is 12.1 Å². The minimum Gasteiger partial charge on any atom is -0.387 e. The van der Waals surface area contributed by atoms with E-state index >= 15 is 0 Å². The maximum absolute atomic E-state index is 13.1. The van der Waals surface area contributed by atoms with Gasteiger partial charge in [0.25, 0.3) is 0 Å². The molecule has 0 radical (unpaired) electrons. The summed E-state index contributed by atoms with van der Waals surface area (Å²) < 4.78 is 13.1. The third kappa shape index (κ3) is 2.85. The van der Waals surface area contributed by atoms with Crippen LogP contribution >= 0.6 is 0 Å². The van der Waals surface area contributed by atoms with Gasteiger partial charge < -0.3 is 10.2 Å². The lowest BCUT2D eigenvalue weighted by atomic mass is 9.84. The van der Waals surface area contributed by atoms with Crippen molar-refractivity contribution in [3.05, 3.63) is 35.6 Å². The first-order valence-corrected chi connectivity index (χ1v) is 6.28. The second-order valence-electron chi connectivity index (χ2n) is 4.98. The van der Waals surface area contributed by atoms with Crippen molar-refractivity contribution in [2.45, 2.75) is 50.2 Å². The molecule has 1 atom stereocenters. The Morgan fingerprint density at radius 2 is 1.76 bits per heavy atom. The summed E-state index contributed by atoms with van der Waals surface area (Å²) in [6.07, 6.45) is 4.22. The van der Waals surface area contributed by atoms with Crippen molar-refractivity contribution in [1.29, 1.82) is 0 Å². The molecular formula is C14H19FO2. The number of hydrogen-bond donors (Lipinski definition) is 2. The van der Waals surface area contributed by atoms with Crippen LogP contribution in [0.25, 0.3) is 0 Å². The molecule has 0 amide bonds. The van der Waals surface area contributed by atoms with Crippen LogP contribution in [-0.4, -0.2) is 15.8 Å². The minimum absolute atomic E-state index is 0.376. The quantitative estimate of drug-likeness (QED) is 0.778.